The molecule has 0 bridgehead atoms. The van der Waals surface area contributed by atoms with Gasteiger partial charge in [0.05, 0.1) is 17.2 Å². The van der Waals surface area contributed by atoms with Gasteiger partial charge in [-0.25, -0.2) is 9.78 Å². The van der Waals surface area contributed by atoms with Crippen LogP contribution in [0.4, 0.5) is 4.79 Å². The third-order valence-electron chi connectivity index (χ3n) is 3.07. The molecule has 2 aromatic rings. The van der Waals surface area contributed by atoms with Gasteiger partial charge in [-0.3, -0.25) is 4.68 Å². The van der Waals surface area contributed by atoms with Crippen molar-refractivity contribution in [1.82, 2.24) is 25.0 Å². The number of aromatic nitrogens is 3. The van der Waals surface area contributed by atoms with Gasteiger partial charge >= 0.3 is 6.03 Å². The molecule has 0 radical (unpaired) electrons. The molecular weight excluding hydrogens is 286 g/mol. The largest absolute Gasteiger partial charge is 0.338 e. The van der Waals surface area contributed by atoms with Crippen molar-refractivity contribution >= 4 is 17.4 Å². The number of nitrogens with zero attached hydrogens (tertiary/aromatic N) is 4. The zero-order chi connectivity index (χ0) is 15.2. The Morgan fingerprint density at radius 1 is 1.57 bits per heavy atom. The average Bonchev–Trinajstić information content (AvgIpc) is 3.08. The Morgan fingerprint density at radius 2 is 2.38 bits per heavy atom. The Balaban J connectivity index is 1.73. The number of carbonyl (C=O) groups excluding carboxylic acids is 1. The summed E-state index contributed by atoms with van der Waals surface area (Å²) in [6, 6.07) is 1.82. The van der Waals surface area contributed by atoms with E-state index in [0.29, 0.717) is 19.0 Å². The van der Waals surface area contributed by atoms with E-state index in [9.17, 15) is 4.79 Å². The highest BCUT2D eigenvalue weighted by Gasteiger charge is 2.12. The second kappa shape index (κ2) is 7.21. The topological polar surface area (TPSA) is 63.1 Å². The van der Waals surface area contributed by atoms with Crippen molar-refractivity contribution in [2.75, 3.05) is 13.6 Å². The number of amides is 2. The van der Waals surface area contributed by atoms with Crippen molar-refractivity contribution < 1.29 is 4.79 Å². The van der Waals surface area contributed by atoms with Crippen LogP contribution in [0, 0.1) is 12.8 Å². The number of nitrogens with one attached hydrogen (secondary N) is 1. The molecule has 1 atom stereocenters. The van der Waals surface area contributed by atoms with Gasteiger partial charge in [0.2, 0.25) is 0 Å². The van der Waals surface area contributed by atoms with Gasteiger partial charge in [-0.15, -0.1) is 11.3 Å². The van der Waals surface area contributed by atoms with E-state index in [0.717, 1.165) is 17.2 Å². The highest BCUT2D eigenvalue weighted by atomic mass is 32.1. The molecule has 0 aliphatic carbocycles. The van der Waals surface area contributed by atoms with E-state index in [-0.39, 0.29) is 6.03 Å². The number of hydrogen-bond acceptors (Lipinski definition) is 4. The van der Waals surface area contributed by atoms with E-state index in [4.69, 9.17) is 0 Å². The summed E-state index contributed by atoms with van der Waals surface area (Å²) in [5.74, 6) is 0.323. The average molecular weight is 307 g/mol. The summed E-state index contributed by atoms with van der Waals surface area (Å²) in [4.78, 5) is 18.0. The smallest absolute Gasteiger partial charge is 0.317 e. The minimum atomic E-state index is -0.0760. The molecule has 21 heavy (non-hydrogen) atoms. The predicted molar refractivity (Wildman–Crippen MR) is 83.1 cm³/mol. The molecule has 0 aliphatic rings. The van der Waals surface area contributed by atoms with Crippen molar-refractivity contribution in [3.63, 3.8) is 0 Å². The lowest BCUT2D eigenvalue weighted by molar-refractivity contribution is 0.204. The highest BCUT2D eigenvalue weighted by molar-refractivity contribution is 7.09. The van der Waals surface area contributed by atoms with Crippen LogP contribution < -0.4 is 5.32 Å². The van der Waals surface area contributed by atoms with Crippen LogP contribution in [0.2, 0.25) is 0 Å². The maximum Gasteiger partial charge on any atom is 0.317 e. The minimum Gasteiger partial charge on any atom is -0.338 e. The molecule has 1 N–H and O–H groups in total. The highest BCUT2D eigenvalue weighted by Crippen LogP contribution is 2.09. The van der Waals surface area contributed by atoms with E-state index in [1.165, 1.54) is 0 Å². The number of thiazole rings is 1. The molecule has 0 spiro atoms. The van der Waals surface area contributed by atoms with Crippen LogP contribution in [0.3, 0.4) is 0 Å². The molecule has 114 valence electrons. The summed E-state index contributed by atoms with van der Waals surface area (Å²) in [6.07, 6.45) is 3.68. The fraction of sp³-hybridized carbons (Fsp3) is 0.500. The van der Waals surface area contributed by atoms with Crippen LogP contribution in [-0.4, -0.2) is 39.3 Å². The predicted octanol–water partition coefficient (Wildman–Crippen LogP) is 2.13. The molecule has 1 unspecified atom stereocenters. The lowest BCUT2D eigenvalue weighted by atomic mass is 10.2. The van der Waals surface area contributed by atoms with Crippen LogP contribution in [0.1, 0.15) is 17.6 Å². The van der Waals surface area contributed by atoms with Crippen LogP contribution in [-0.2, 0) is 13.1 Å². The Labute approximate surface area is 128 Å². The lowest BCUT2D eigenvalue weighted by Crippen LogP contribution is -2.39. The summed E-state index contributed by atoms with van der Waals surface area (Å²) in [6.45, 7) is 6.00. The molecule has 2 aromatic heterocycles. The number of rotatable bonds is 6. The van der Waals surface area contributed by atoms with Crippen LogP contribution >= 0.6 is 11.3 Å². The van der Waals surface area contributed by atoms with Gasteiger partial charge in [0, 0.05) is 37.9 Å². The van der Waals surface area contributed by atoms with Gasteiger partial charge in [0.25, 0.3) is 0 Å². The third kappa shape index (κ3) is 4.86. The summed E-state index contributed by atoms with van der Waals surface area (Å²) in [5.41, 5.74) is 0.930. The van der Waals surface area contributed by atoms with Crippen LogP contribution in [0.25, 0.3) is 0 Å². The van der Waals surface area contributed by atoms with E-state index < -0.39 is 0 Å². The van der Waals surface area contributed by atoms with Crippen LogP contribution in [0.5, 0.6) is 0 Å². The molecule has 6 nitrogen and oxygen atoms in total. The van der Waals surface area contributed by atoms with Crippen molar-refractivity contribution in [3.05, 3.63) is 34.5 Å². The van der Waals surface area contributed by atoms with Crippen molar-refractivity contribution in [2.45, 2.75) is 26.9 Å². The zero-order valence-corrected chi connectivity index (χ0v) is 13.4. The van der Waals surface area contributed by atoms with Gasteiger partial charge in [-0.05, 0) is 18.9 Å². The molecule has 0 aromatic carbocycles. The Morgan fingerprint density at radius 3 is 3.00 bits per heavy atom. The van der Waals surface area contributed by atoms with Gasteiger partial charge in [0.1, 0.15) is 0 Å². The van der Waals surface area contributed by atoms with E-state index in [2.05, 4.69) is 22.3 Å². The van der Waals surface area contributed by atoms with Crippen molar-refractivity contribution in [3.8, 4) is 0 Å². The Kier molecular flexibility index (Phi) is 5.32. The first-order valence-electron chi connectivity index (χ1n) is 6.92. The first-order chi connectivity index (χ1) is 10.0. The van der Waals surface area contributed by atoms with Gasteiger partial charge in [-0.2, -0.15) is 5.10 Å². The first kappa shape index (κ1) is 15.5. The lowest BCUT2D eigenvalue weighted by Gasteiger charge is -2.19. The fourth-order valence-electron chi connectivity index (χ4n) is 1.98. The molecule has 2 amide bonds. The van der Waals surface area contributed by atoms with Crippen molar-refractivity contribution in [1.29, 1.82) is 0 Å². The molecule has 2 rings (SSSR count). The molecule has 0 saturated heterocycles. The number of hydrogen-bond donors (Lipinski definition) is 1. The summed E-state index contributed by atoms with van der Waals surface area (Å²) in [7, 11) is 1.78. The van der Waals surface area contributed by atoms with E-state index >= 15 is 0 Å². The standard InChI is InChI=1S/C14H21N5OS/c1-11(8-19-6-4-5-16-19)7-15-14(20)18(3)9-13-10-21-12(2)17-13/h4-6,10-11H,7-9H2,1-3H3,(H,15,20). The number of carbonyl (C=O) groups is 1. The fourth-order valence-corrected chi connectivity index (χ4v) is 2.59. The van der Waals surface area contributed by atoms with Crippen molar-refractivity contribution in [2.24, 2.45) is 5.92 Å². The molecule has 7 heteroatoms. The summed E-state index contributed by atoms with van der Waals surface area (Å²) < 4.78 is 1.87. The third-order valence-corrected chi connectivity index (χ3v) is 3.89. The molecule has 0 aliphatic heterocycles. The second-order valence-corrected chi connectivity index (χ2v) is 6.30. The van der Waals surface area contributed by atoms with E-state index in [1.807, 2.05) is 29.2 Å². The Bertz CT molecular complexity index is 566. The monoisotopic (exact) mass is 307 g/mol. The van der Waals surface area contributed by atoms with Gasteiger partial charge in [0.15, 0.2) is 0 Å². The first-order valence-corrected chi connectivity index (χ1v) is 7.80. The van der Waals surface area contributed by atoms with Gasteiger partial charge in [-0.1, -0.05) is 6.92 Å². The number of urea groups is 1. The van der Waals surface area contributed by atoms with Crippen LogP contribution in [0.15, 0.2) is 23.8 Å². The minimum absolute atomic E-state index is 0.0760. The van der Waals surface area contributed by atoms with E-state index in [1.54, 1.807) is 29.5 Å². The molecule has 0 saturated carbocycles. The maximum absolute atomic E-state index is 12.0. The maximum atomic E-state index is 12.0. The normalized spacial score (nSPS) is 12.1. The van der Waals surface area contributed by atoms with Gasteiger partial charge < -0.3 is 10.2 Å². The summed E-state index contributed by atoms with van der Waals surface area (Å²) >= 11 is 1.60. The Hall–Kier alpha value is -1.89. The summed E-state index contributed by atoms with van der Waals surface area (Å²) in [5, 5.41) is 10.1. The SMILES string of the molecule is Cc1nc(CN(C)C(=O)NCC(C)Cn2cccn2)cs1. The molecule has 0 fully saturated rings. The second-order valence-electron chi connectivity index (χ2n) is 5.23. The zero-order valence-electron chi connectivity index (χ0n) is 12.6. The quantitative estimate of drug-likeness (QED) is 0.889. The number of aryl methyl sites for hydroxylation is 1. The molecule has 2 heterocycles. The molecular formula is C14H21N5OS.